The maximum atomic E-state index is 10.6. The molecule has 1 aromatic carbocycles. The number of piperidine rings is 3. The van der Waals surface area contributed by atoms with E-state index in [-0.39, 0.29) is 5.69 Å². The molecule has 1 unspecified atom stereocenters. The van der Waals surface area contributed by atoms with Crippen molar-refractivity contribution in [3.63, 3.8) is 0 Å². The fourth-order valence-corrected chi connectivity index (χ4v) is 3.27. The van der Waals surface area contributed by atoms with Crippen molar-refractivity contribution in [1.82, 2.24) is 10.2 Å². The van der Waals surface area contributed by atoms with Crippen LogP contribution in [0.1, 0.15) is 12.8 Å². The fourth-order valence-electron chi connectivity index (χ4n) is 3.27. The van der Waals surface area contributed by atoms with Gasteiger partial charge in [-0.1, -0.05) is 0 Å². The van der Waals surface area contributed by atoms with Crippen molar-refractivity contribution in [1.29, 1.82) is 0 Å². The second-order valence-electron chi connectivity index (χ2n) is 5.80. The Morgan fingerprint density at radius 3 is 2.57 bits per heavy atom. The highest BCUT2D eigenvalue weighted by Gasteiger charge is 2.33. The van der Waals surface area contributed by atoms with Crippen molar-refractivity contribution < 1.29 is 9.66 Å². The molecule has 1 N–H and O–H groups in total. The summed E-state index contributed by atoms with van der Waals surface area (Å²) >= 11 is 0. The molecule has 3 saturated heterocycles. The Morgan fingerprint density at radius 2 is 2.00 bits per heavy atom. The third kappa shape index (κ3) is 3.51. The molecule has 3 fully saturated rings. The molecule has 0 radical (unpaired) electrons. The number of ether oxygens (including phenoxy) is 1. The minimum Gasteiger partial charge on any atom is -0.492 e. The number of nitrogens with zero attached hydrogens (tertiary/aromatic N) is 2. The first kappa shape index (κ1) is 14.3. The zero-order valence-corrected chi connectivity index (χ0v) is 12.0. The van der Waals surface area contributed by atoms with E-state index in [1.54, 1.807) is 12.1 Å². The van der Waals surface area contributed by atoms with Crippen molar-refractivity contribution >= 4 is 5.69 Å². The van der Waals surface area contributed by atoms with Gasteiger partial charge in [0.25, 0.3) is 5.69 Å². The van der Waals surface area contributed by atoms with Crippen LogP contribution in [0.4, 0.5) is 5.69 Å². The van der Waals surface area contributed by atoms with Crippen LogP contribution in [0.15, 0.2) is 24.3 Å². The number of rotatable bonds is 6. The van der Waals surface area contributed by atoms with Crippen LogP contribution in [-0.4, -0.2) is 48.7 Å². The first-order valence-electron chi connectivity index (χ1n) is 7.55. The summed E-state index contributed by atoms with van der Waals surface area (Å²) in [5.74, 6) is 1.49. The van der Waals surface area contributed by atoms with E-state index >= 15 is 0 Å². The normalized spacial score (nSPS) is 27.5. The van der Waals surface area contributed by atoms with Gasteiger partial charge in [-0.25, -0.2) is 0 Å². The molecule has 114 valence electrons. The molecule has 0 aliphatic carbocycles. The van der Waals surface area contributed by atoms with Gasteiger partial charge >= 0.3 is 0 Å². The Hall–Kier alpha value is -1.66. The lowest BCUT2D eigenvalue weighted by Crippen LogP contribution is -2.56. The summed E-state index contributed by atoms with van der Waals surface area (Å²) < 4.78 is 5.61. The summed E-state index contributed by atoms with van der Waals surface area (Å²) in [4.78, 5) is 12.7. The lowest BCUT2D eigenvalue weighted by Gasteiger charge is -2.45. The molecular weight excluding hydrogens is 270 g/mol. The van der Waals surface area contributed by atoms with Gasteiger partial charge in [0.1, 0.15) is 12.4 Å². The molecule has 21 heavy (non-hydrogen) atoms. The van der Waals surface area contributed by atoms with Crippen molar-refractivity contribution in [3.8, 4) is 5.75 Å². The van der Waals surface area contributed by atoms with Gasteiger partial charge in [0, 0.05) is 31.3 Å². The van der Waals surface area contributed by atoms with Gasteiger partial charge in [0.05, 0.1) is 4.92 Å². The van der Waals surface area contributed by atoms with Crippen LogP contribution in [0.2, 0.25) is 0 Å². The quantitative estimate of drug-likeness (QED) is 0.490. The summed E-state index contributed by atoms with van der Waals surface area (Å²) in [5, 5.41) is 14.1. The number of fused-ring (bicyclic) bond motifs is 3. The molecule has 1 aromatic rings. The first-order chi connectivity index (χ1) is 10.2. The summed E-state index contributed by atoms with van der Waals surface area (Å²) in [5.41, 5.74) is 0.0905. The molecule has 3 aliphatic rings. The maximum Gasteiger partial charge on any atom is 0.269 e. The van der Waals surface area contributed by atoms with Crippen LogP contribution in [0.25, 0.3) is 0 Å². The molecule has 6 nitrogen and oxygen atoms in total. The molecule has 0 aromatic heterocycles. The van der Waals surface area contributed by atoms with Crippen LogP contribution in [0, 0.1) is 16.0 Å². The average Bonchev–Trinajstić information content (AvgIpc) is 2.53. The highest BCUT2D eigenvalue weighted by atomic mass is 16.6. The Kier molecular flexibility index (Phi) is 4.36. The lowest BCUT2D eigenvalue weighted by atomic mass is 9.84. The highest BCUT2D eigenvalue weighted by Crippen LogP contribution is 2.27. The molecule has 2 bridgehead atoms. The Morgan fingerprint density at radius 1 is 1.29 bits per heavy atom. The molecule has 0 spiro atoms. The summed E-state index contributed by atoms with van der Waals surface area (Å²) in [6.07, 6.45) is 2.61. The zero-order valence-electron chi connectivity index (χ0n) is 12.0. The summed E-state index contributed by atoms with van der Waals surface area (Å²) in [6.45, 7) is 5.06. The largest absolute Gasteiger partial charge is 0.492 e. The van der Waals surface area contributed by atoms with Gasteiger partial charge in [-0.2, -0.15) is 0 Å². The first-order valence-corrected chi connectivity index (χ1v) is 7.55. The molecule has 4 rings (SSSR count). The Balaban J connectivity index is 1.39. The van der Waals surface area contributed by atoms with Gasteiger partial charge in [0.2, 0.25) is 0 Å². The third-order valence-electron chi connectivity index (χ3n) is 4.48. The van der Waals surface area contributed by atoms with E-state index < -0.39 is 4.92 Å². The maximum absolute atomic E-state index is 10.6. The predicted octanol–water partition coefficient (Wildman–Crippen LogP) is 1.66. The number of nitro groups is 1. The van der Waals surface area contributed by atoms with E-state index in [1.807, 2.05) is 0 Å². The smallest absolute Gasteiger partial charge is 0.269 e. The molecular formula is C15H21N3O3. The highest BCUT2D eigenvalue weighted by molar-refractivity contribution is 5.35. The molecule has 6 heteroatoms. The van der Waals surface area contributed by atoms with Gasteiger partial charge in [-0.3, -0.25) is 10.1 Å². The van der Waals surface area contributed by atoms with Gasteiger partial charge < -0.3 is 15.0 Å². The number of nitrogens with one attached hydrogen (secondary N) is 1. The number of non-ortho nitro benzene ring substituents is 1. The second-order valence-corrected chi connectivity index (χ2v) is 5.80. The summed E-state index contributed by atoms with van der Waals surface area (Å²) in [6, 6.07) is 6.82. The standard InChI is InChI=1S/C15H21N3O3/c19-18(20)13-1-3-14(4-2-13)21-10-7-16-15-11-17-8-5-12(15)6-9-17/h1-4,12,15-16H,5-11H2. The second kappa shape index (κ2) is 6.41. The van der Waals surface area contributed by atoms with E-state index in [0.717, 1.165) is 19.0 Å². The van der Waals surface area contributed by atoms with E-state index in [1.165, 1.54) is 38.1 Å². The minimum atomic E-state index is -0.404. The number of benzene rings is 1. The van der Waals surface area contributed by atoms with Crippen molar-refractivity contribution in [2.45, 2.75) is 18.9 Å². The Bertz CT molecular complexity index is 483. The number of hydrogen-bond acceptors (Lipinski definition) is 5. The van der Waals surface area contributed by atoms with Crippen LogP contribution < -0.4 is 10.1 Å². The van der Waals surface area contributed by atoms with E-state index in [2.05, 4.69) is 10.2 Å². The lowest BCUT2D eigenvalue weighted by molar-refractivity contribution is -0.384. The molecule has 0 saturated carbocycles. The Labute approximate surface area is 124 Å². The predicted molar refractivity (Wildman–Crippen MR) is 79.5 cm³/mol. The van der Waals surface area contributed by atoms with Gasteiger partial charge in [-0.05, 0) is 44.0 Å². The molecule has 3 aliphatic heterocycles. The molecule has 3 heterocycles. The van der Waals surface area contributed by atoms with Crippen LogP contribution >= 0.6 is 0 Å². The van der Waals surface area contributed by atoms with Crippen LogP contribution in [0.5, 0.6) is 5.75 Å². The summed E-state index contributed by atoms with van der Waals surface area (Å²) in [7, 11) is 0. The average molecular weight is 291 g/mol. The van der Waals surface area contributed by atoms with Crippen LogP contribution in [-0.2, 0) is 0 Å². The van der Waals surface area contributed by atoms with Crippen molar-refractivity contribution in [3.05, 3.63) is 34.4 Å². The van der Waals surface area contributed by atoms with Crippen molar-refractivity contribution in [2.24, 2.45) is 5.92 Å². The van der Waals surface area contributed by atoms with Crippen LogP contribution in [0.3, 0.4) is 0 Å². The minimum absolute atomic E-state index is 0.0905. The van der Waals surface area contributed by atoms with E-state index in [0.29, 0.717) is 18.4 Å². The third-order valence-corrected chi connectivity index (χ3v) is 4.48. The topological polar surface area (TPSA) is 67.6 Å². The zero-order chi connectivity index (χ0) is 14.7. The monoisotopic (exact) mass is 291 g/mol. The van der Waals surface area contributed by atoms with Gasteiger partial charge in [0.15, 0.2) is 0 Å². The van der Waals surface area contributed by atoms with Gasteiger partial charge in [-0.15, -0.1) is 0 Å². The number of hydrogen-bond donors (Lipinski definition) is 1. The fraction of sp³-hybridized carbons (Fsp3) is 0.600. The number of nitro benzene ring substituents is 1. The molecule has 0 amide bonds. The van der Waals surface area contributed by atoms with E-state index in [4.69, 9.17) is 4.74 Å². The SMILES string of the molecule is O=[N+]([O-])c1ccc(OCCNC2CN3CCC2CC3)cc1. The molecule has 1 atom stereocenters. The van der Waals surface area contributed by atoms with E-state index in [9.17, 15) is 10.1 Å². The van der Waals surface area contributed by atoms with Crippen molar-refractivity contribution in [2.75, 3.05) is 32.8 Å².